The van der Waals surface area contributed by atoms with E-state index in [4.69, 9.17) is 4.74 Å². The molecule has 0 aromatic carbocycles. The summed E-state index contributed by atoms with van der Waals surface area (Å²) in [4.78, 5) is 12.2. The van der Waals surface area contributed by atoms with Crippen LogP contribution in [0.5, 0.6) is 5.75 Å². The lowest BCUT2D eigenvalue weighted by Gasteiger charge is -2.37. The zero-order valence-corrected chi connectivity index (χ0v) is 16.7. The van der Waals surface area contributed by atoms with E-state index >= 15 is 0 Å². The van der Waals surface area contributed by atoms with E-state index in [1.54, 1.807) is 16.7 Å². The molecule has 0 amide bonds. The Kier molecular flexibility index (Phi) is 4.30. The van der Waals surface area contributed by atoms with Gasteiger partial charge in [-0.1, -0.05) is 0 Å². The highest BCUT2D eigenvalue weighted by Crippen LogP contribution is 2.35. The molecule has 2 aliphatic rings. The highest BCUT2D eigenvalue weighted by molar-refractivity contribution is 9.11. The molecular formula is C16H17BrN2O4S2. The molecule has 2 fully saturated rings. The van der Waals surface area contributed by atoms with Gasteiger partial charge in [0, 0.05) is 17.8 Å². The molecule has 1 aliphatic heterocycles. The van der Waals surface area contributed by atoms with Gasteiger partial charge in [-0.15, -0.1) is 11.3 Å². The van der Waals surface area contributed by atoms with Crippen LogP contribution in [0.3, 0.4) is 0 Å². The lowest BCUT2D eigenvalue weighted by Crippen LogP contribution is -2.55. The summed E-state index contributed by atoms with van der Waals surface area (Å²) in [7, 11) is -3.46. The van der Waals surface area contributed by atoms with Crippen molar-refractivity contribution < 1.29 is 13.2 Å². The third kappa shape index (κ3) is 3.30. The fraction of sp³-hybridized carbons (Fsp3) is 0.438. The summed E-state index contributed by atoms with van der Waals surface area (Å²) < 4.78 is 35.0. The van der Waals surface area contributed by atoms with Crippen LogP contribution in [0.4, 0.5) is 0 Å². The molecule has 1 aliphatic carbocycles. The van der Waals surface area contributed by atoms with E-state index in [0.29, 0.717) is 29.1 Å². The van der Waals surface area contributed by atoms with Crippen molar-refractivity contribution in [2.45, 2.75) is 36.1 Å². The van der Waals surface area contributed by atoms with Gasteiger partial charge in [-0.25, -0.2) is 8.42 Å². The highest BCUT2D eigenvalue weighted by Gasteiger charge is 2.39. The van der Waals surface area contributed by atoms with Crippen molar-refractivity contribution in [1.82, 2.24) is 8.87 Å². The van der Waals surface area contributed by atoms with E-state index in [-0.39, 0.29) is 11.7 Å². The maximum atomic E-state index is 12.5. The van der Waals surface area contributed by atoms with Crippen LogP contribution in [0, 0.1) is 6.92 Å². The van der Waals surface area contributed by atoms with Gasteiger partial charge in [0.05, 0.1) is 16.9 Å². The van der Waals surface area contributed by atoms with E-state index in [0.717, 1.165) is 22.3 Å². The molecule has 0 bridgehead atoms. The largest absolute Gasteiger partial charge is 0.487 e. The molecule has 0 unspecified atom stereocenters. The molecule has 6 nitrogen and oxygen atoms in total. The Morgan fingerprint density at radius 1 is 1.24 bits per heavy atom. The minimum atomic E-state index is -3.46. The summed E-state index contributed by atoms with van der Waals surface area (Å²) in [6.07, 6.45) is 1.87. The standard InChI is InChI=1S/C16H17BrN2O4S2/c1-10-6-12(7-15(20)19(10)11-2-3-11)23-13-8-18(9-13)25(21,22)16-5-4-14(17)24-16/h4-7,11,13H,2-3,8-9H2,1H3. The summed E-state index contributed by atoms with van der Waals surface area (Å²) in [5.41, 5.74) is 0.835. The number of ether oxygens (including phenoxy) is 1. The first kappa shape index (κ1) is 17.3. The van der Waals surface area contributed by atoms with Crippen LogP contribution in [0.15, 0.2) is 37.1 Å². The first-order chi connectivity index (χ1) is 11.8. The van der Waals surface area contributed by atoms with E-state index in [9.17, 15) is 13.2 Å². The lowest BCUT2D eigenvalue weighted by atomic mass is 10.2. The van der Waals surface area contributed by atoms with Crippen LogP contribution in [-0.2, 0) is 10.0 Å². The summed E-state index contributed by atoms with van der Waals surface area (Å²) >= 11 is 4.48. The van der Waals surface area contributed by atoms with Gasteiger partial charge in [0.2, 0.25) is 0 Å². The minimum Gasteiger partial charge on any atom is -0.487 e. The smallest absolute Gasteiger partial charge is 0.254 e. The number of hydrogen-bond acceptors (Lipinski definition) is 5. The van der Waals surface area contributed by atoms with E-state index in [2.05, 4.69) is 15.9 Å². The molecule has 0 N–H and O–H groups in total. The first-order valence-electron chi connectivity index (χ1n) is 8.00. The number of rotatable bonds is 5. The zero-order chi connectivity index (χ0) is 17.8. The highest BCUT2D eigenvalue weighted by atomic mass is 79.9. The number of aromatic nitrogens is 1. The Morgan fingerprint density at radius 3 is 2.52 bits per heavy atom. The van der Waals surface area contributed by atoms with Crippen LogP contribution < -0.4 is 10.3 Å². The van der Waals surface area contributed by atoms with Gasteiger partial charge in [-0.2, -0.15) is 4.31 Å². The average Bonchev–Trinajstić information content (AvgIpc) is 3.21. The van der Waals surface area contributed by atoms with Crippen molar-refractivity contribution in [3.8, 4) is 5.75 Å². The summed E-state index contributed by atoms with van der Waals surface area (Å²) in [6.45, 7) is 2.49. The van der Waals surface area contributed by atoms with Crippen LogP contribution >= 0.6 is 27.3 Å². The van der Waals surface area contributed by atoms with Gasteiger partial charge in [0.15, 0.2) is 0 Å². The maximum Gasteiger partial charge on any atom is 0.254 e. The number of aryl methyl sites for hydroxylation is 1. The zero-order valence-electron chi connectivity index (χ0n) is 13.5. The summed E-state index contributed by atoms with van der Waals surface area (Å²) in [5, 5.41) is 0. The Balaban J connectivity index is 1.42. The summed E-state index contributed by atoms with van der Waals surface area (Å²) in [5.74, 6) is 0.514. The number of thiophene rings is 1. The average molecular weight is 445 g/mol. The second-order valence-electron chi connectivity index (χ2n) is 6.39. The van der Waals surface area contributed by atoms with Gasteiger partial charge < -0.3 is 9.30 Å². The molecule has 2 aromatic rings. The predicted octanol–water partition coefficient (Wildman–Crippen LogP) is 2.77. The van der Waals surface area contributed by atoms with E-state index in [1.807, 2.05) is 13.0 Å². The van der Waals surface area contributed by atoms with E-state index in [1.165, 1.54) is 21.7 Å². The molecule has 2 aromatic heterocycles. The fourth-order valence-electron chi connectivity index (χ4n) is 2.98. The first-order valence-corrected chi connectivity index (χ1v) is 11.0. The SMILES string of the molecule is Cc1cc(OC2CN(S(=O)(=O)c3ccc(Br)s3)C2)cc(=O)n1C1CC1. The number of sulfonamides is 1. The molecule has 0 atom stereocenters. The maximum absolute atomic E-state index is 12.5. The van der Waals surface area contributed by atoms with E-state index < -0.39 is 10.0 Å². The number of nitrogens with zero attached hydrogens (tertiary/aromatic N) is 2. The van der Waals surface area contributed by atoms with Crippen LogP contribution in [-0.4, -0.2) is 36.5 Å². The molecule has 1 saturated carbocycles. The van der Waals surface area contributed by atoms with Crippen LogP contribution in [0.1, 0.15) is 24.6 Å². The molecule has 4 rings (SSSR count). The van der Waals surface area contributed by atoms with Crippen molar-refractivity contribution in [1.29, 1.82) is 0 Å². The van der Waals surface area contributed by atoms with Crippen molar-refractivity contribution in [2.75, 3.05) is 13.1 Å². The van der Waals surface area contributed by atoms with Crippen LogP contribution in [0.2, 0.25) is 0 Å². The van der Waals surface area contributed by atoms with Crippen LogP contribution in [0.25, 0.3) is 0 Å². The van der Waals surface area contributed by atoms with Gasteiger partial charge in [0.25, 0.3) is 15.6 Å². The quantitative estimate of drug-likeness (QED) is 0.710. The molecule has 1 saturated heterocycles. The molecule has 0 radical (unpaired) electrons. The second kappa shape index (κ2) is 6.22. The Labute approximate surface area is 158 Å². The van der Waals surface area contributed by atoms with Crippen molar-refractivity contribution in [3.63, 3.8) is 0 Å². The van der Waals surface area contributed by atoms with Crippen molar-refractivity contribution in [3.05, 3.63) is 44.1 Å². The number of pyridine rings is 1. The number of halogens is 1. The second-order valence-corrected chi connectivity index (χ2v) is 11.0. The lowest BCUT2D eigenvalue weighted by molar-refractivity contribution is 0.0760. The summed E-state index contributed by atoms with van der Waals surface area (Å²) in [6, 6.07) is 7.00. The molecule has 3 heterocycles. The van der Waals surface area contributed by atoms with Gasteiger partial charge in [-0.3, -0.25) is 4.79 Å². The Bertz CT molecular complexity index is 972. The van der Waals surface area contributed by atoms with Crippen molar-refractivity contribution in [2.24, 2.45) is 0 Å². The molecule has 0 spiro atoms. The molecule has 9 heteroatoms. The van der Waals surface area contributed by atoms with Gasteiger partial charge in [0.1, 0.15) is 16.1 Å². The Hall–Kier alpha value is -1.16. The topological polar surface area (TPSA) is 68.6 Å². The minimum absolute atomic E-state index is 0.0512. The number of hydrogen-bond donors (Lipinski definition) is 0. The predicted molar refractivity (Wildman–Crippen MR) is 98.9 cm³/mol. The van der Waals surface area contributed by atoms with Crippen molar-refractivity contribution >= 4 is 37.3 Å². The molecule has 134 valence electrons. The monoisotopic (exact) mass is 444 g/mol. The third-order valence-corrected chi connectivity index (χ3v) is 8.33. The van der Waals surface area contributed by atoms with Gasteiger partial charge in [-0.05, 0) is 53.9 Å². The Morgan fingerprint density at radius 2 is 1.96 bits per heavy atom. The van der Waals surface area contributed by atoms with Gasteiger partial charge >= 0.3 is 0 Å². The fourth-order valence-corrected chi connectivity index (χ4v) is 6.65. The third-order valence-electron chi connectivity index (χ3n) is 4.41. The molecule has 25 heavy (non-hydrogen) atoms. The normalized spacial score (nSPS) is 19.0. The molecular weight excluding hydrogens is 428 g/mol.